The first-order valence-corrected chi connectivity index (χ1v) is 7.79. The summed E-state index contributed by atoms with van der Waals surface area (Å²) in [6, 6.07) is 8.08. The average Bonchev–Trinajstić information content (AvgIpc) is 2.77. The molecule has 2 amide bonds. The number of amides is 2. The molecule has 0 saturated carbocycles. The Bertz CT molecular complexity index is 615. The topological polar surface area (TPSA) is 75.4 Å². The summed E-state index contributed by atoms with van der Waals surface area (Å²) in [7, 11) is 0. The van der Waals surface area contributed by atoms with Crippen LogP contribution < -0.4 is 16.0 Å². The van der Waals surface area contributed by atoms with Gasteiger partial charge >= 0.3 is 0 Å². The molecule has 110 valence electrons. The highest BCUT2D eigenvalue weighted by Crippen LogP contribution is 2.30. The van der Waals surface area contributed by atoms with Gasteiger partial charge in [0.15, 0.2) is 0 Å². The number of carbonyl (C=O) groups is 2. The Balaban J connectivity index is 1.91. The highest BCUT2D eigenvalue weighted by Gasteiger charge is 2.26. The Morgan fingerprint density at radius 3 is 2.86 bits per heavy atom. The Morgan fingerprint density at radius 2 is 2.14 bits per heavy atom. The molecule has 3 rings (SSSR count). The molecule has 21 heavy (non-hydrogen) atoms. The zero-order chi connectivity index (χ0) is 14.8. The number of nitrogens with two attached hydrogens (primary N) is 1. The van der Waals surface area contributed by atoms with Crippen molar-refractivity contribution in [3.05, 3.63) is 34.7 Å². The lowest BCUT2D eigenvalue weighted by atomic mass is 10.0. The Morgan fingerprint density at radius 1 is 1.33 bits per heavy atom. The summed E-state index contributed by atoms with van der Waals surface area (Å²) in [6.45, 7) is 1.78. The van der Waals surface area contributed by atoms with Gasteiger partial charge in [-0.05, 0) is 42.3 Å². The zero-order valence-corrected chi connectivity index (χ0v) is 12.4. The van der Waals surface area contributed by atoms with Crippen LogP contribution in [0.5, 0.6) is 0 Å². The van der Waals surface area contributed by atoms with Crippen molar-refractivity contribution >= 4 is 34.7 Å². The highest BCUT2D eigenvalue weighted by molar-refractivity contribution is 8.18. The van der Waals surface area contributed by atoms with Gasteiger partial charge in [-0.3, -0.25) is 14.9 Å². The second-order valence-electron chi connectivity index (χ2n) is 5.26. The molecule has 2 fully saturated rings. The predicted molar refractivity (Wildman–Crippen MR) is 85.0 cm³/mol. The van der Waals surface area contributed by atoms with Gasteiger partial charge in [-0.1, -0.05) is 18.2 Å². The molecule has 2 aliphatic rings. The number of hydrogen-bond donors (Lipinski definition) is 2. The van der Waals surface area contributed by atoms with E-state index in [0.29, 0.717) is 4.91 Å². The van der Waals surface area contributed by atoms with E-state index >= 15 is 0 Å². The van der Waals surface area contributed by atoms with E-state index in [1.54, 1.807) is 6.08 Å². The number of piperidine rings is 1. The average molecular weight is 303 g/mol. The van der Waals surface area contributed by atoms with Gasteiger partial charge in [0.2, 0.25) is 0 Å². The van der Waals surface area contributed by atoms with Gasteiger partial charge in [-0.25, -0.2) is 0 Å². The van der Waals surface area contributed by atoms with Crippen LogP contribution in [0, 0.1) is 0 Å². The number of anilines is 1. The van der Waals surface area contributed by atoms with Crippen molar-refractivity contribution in [1.82, 2.24) is 5.32 Å². The number of thioether (sulfide) groups is 1. The van der Waals surface area contributed by atoms with E-state index in [2.05, 4.69) is 10.2 Å². The summed E-state index contributed by atoms with van der Waals surface area (Å²) >= 11 is 0.943. The van der Waals surface area contributed by atoms with Crippen LogP contribution in [0.2, 0.25) is 0 Å². The number of imide groups is 1. The molecule has 6 heteroatoms. The van der Waals surface area contributed by atoms with E-state index in [4.69, 9.17) is 5.73 Å². The summed E-state index contributed by atoms with van der Waals surface area (Å²) in [5.41, 5.74) is 8.05. The Kier molecular flexibility index (Phi) is 3.98. The molecule has 1 aromatic carbocycles. The SMILES string of the molecule is N[C@@H]1CCCN(c2ccccc2C=C2SC(=O)NC2=O)C1. The van der Waals surface area contributed by atoms with Crippen molar-refractivity contribution in [3.63, 3.8) is 0 Å². The molecule has 0 bridgehead atoms. The maximum atomic E-state index is 11.7. The van der Waals surface area contributed by atoms with E-state index in [1.165, 1.54) is 0 Å². The number of carbonyl (C=O) groups excluding carboxylic acids is 2. The van der Waals surface area contributed by atoms with Crippen molar-refractivity contribution in [1.29, 1.82) is 0 Å². The molecule has 5 nitrogen and oxygen atoms in total. The zero-order valence-electron chi connectivity index (χ0n) is 11.5. The molecule has 1 aromatic rings. The first kappa shape index (κ1) is 14.2. The van der Waals surface area contributed by atoms with Crippen LogP contribution in [0.1, 0.15) is 18.4 Å². The van der Waals surface area contributed by atoms with Gasteiger partial charge in [-0.2, -0.15) is 0 Å². The number of rotatable bonds is 2. The second-order valence-corrected chi connectivity index (χ2v) is 6.27. The van der Waals surface area contributed by atoms with Crippen LogP contribution in [-0.4, -0.2) is 30.3 Å². The minimum absolute atomic E-state index is 0.185. The van der Waals surface area contributed by atoms with Crippen LogP contribution in [0.25, 0.3) is 6.08 Å². The van der Waals surface area contributed by atoms with Crippen LogP contribution in [0.15, 0.2) is 29.2 Å². The first-order valence-electron chi connectivity index (χ1n) is 6.98. The van der Waals surface area contributed by atoms with Crippen LogP contribution >= 0.6 is 11.8 Å². The summed E-state index contributed by atoms with van der Waals surface area (Å²) in [4.78, 5) is 25.6. The van der Waals surface area contributed by atoms with Crippen molar-refractivity contribution in [3.8, 4) is 0 Å². The first-order chi connectivity index (χ1) is 10.1. The normalized spacial score (nSPS) is 24.5. The number of para-hydroxylation sites is 1. The Labute approximate surface area is 127 Å². The number of benzene rings is 1. The molecular weight excluding hydrogens is 286 g/mol. The van der Waals surface area contributed by atoms with Crippen LogP contribution in [0.4, 0.5) is 10.5 Å². The van der Waals surface area contributed by atoms with Crippen molar-refractivity contribution in [2.45, 2.75) is 18.9 Å². The van der Waals surface area contributed by atoms with E-state index in [-0.39, 0.29) is 17.2 Å². The molecule has 2 heterocycles. The third-order valence-electron chi connectivity index (χ3n) is 3.66. The van der Waals surface area contributed by atoms with Gasteiger partial charge in [0.05, 0.1) is 4.91 Å². The molecule has 2 saturated heterocycles. The number of nitrogens with zero attached hydrogens (tertiary/aromatic N) is 1. The van der Waals surface area contributed by atoms with Crippen molar-refractivity contribution < 1.29 is 9.59 Å². The molecular formula is C15H17N3O2S. The standard InChI is InChI=1S/C15H17N3O2S/c16-11-5-3-7-18(9-11)12-6-2-1-4-10(12)8-13-14(19)17-15(20)21-13/h1-2,4,6,8,11H,3,5,7,9,16H2,(H,17,19,20)/t11-/m1/s1. The van der Waals surface area contributed by atoms with E-state index < -0.39 is 0 Å². The highest BCUT2D eigenvalue weighted by atomic mass is 32.2. The van der Waals surface area contributed by atoms with Crippen molar-refractivity contribution in [2.75, 3.05) is 18.0 Å². The van der Waals surface area contributed by atoms with Crippen LogP contribution in [0.3, 0.4) is 0 Å². The smallest absolute Gasteiger partial charge is 0.290 e. The molecule has 0 aliphatic carbocycles. The third-order valence-corrected chi connectivity index (χ3v) is 4.47. The summed E-state index contributed by atoms with van der Waals surface area (Å²) < 4.78 is 0. The van der Waals surface area contributed by atoms with Gasteiger partial charge in [0, 0.05) is 24.8 Å². The lowest BCUT2D eigenvalue weighted by Gasteiger charge is -2.33. The minimum Gasteiger partial charge on any atom is -0.369 e. The summed E-state index contributed by atoms with van der Waals surface area (Å²) in [5.74, 6) is -0.324. The number of nitrogens with one attached hydrogen (secondary N) is 1. The maximum Gasteiger partial charge on any atom is 0.290 e. The van der Waals surface area contributed by atoms with Gasteiger partial charge in [0.1, 0.15) is 0 Å². The molecule has 2 aliphatic heterocycles. The fraction of sp³-hybridized carbons (Fsp3) is 0.333. The maximum absolute atomic E-state index is 11.7. The minimum atomic E-state index is -0.324. The lowest BCUT2D eigenvalue weighted by molar-refractivity contribution is -0.115. The molecule has 0 radical (unpaired) electrons. The molecule has 0 unspecified atom stereocenters. The predicted octanol–water partition coefficient (Wildman–Crippen LogP) is 1.94. The fourth-order valence-corrected chi connectivity index (χ4v) is 3.36. The van der Waals surface area contributed by atoms with E-state index in [1.807, 2.05) is 24.3 Å². The van der Waals surface area contributed by atoms with E-state index in [0.717, 1.165) is 48.9 Å². The van der Waals surface area contributed by atoms with Gasteiger partial charge in [-0.15, -0.1) is 0 Å². The molecule has 1 atom stereocenters. The summed E-state index contributed by atoms with van der Waals surface area (Å²) in [6.07, 6.45) is 3.90. The monoisotopic (exact) mass is 303 g/mol. The summed E-state index contributed by atoms with van der Waals surface area (Å²) in [5, 5.41) is 1.96. The lowest BCUT2D eigenvalue weighted by Crippen LogP contribution is -2.43. The third kappa shape index (κ3) is 3.11. The van der Waals surface area contributed by atoms with Gasteiger partial charge in [0.25, 0.3) is 11.1 Å². The molecule has 0 aromatic heterocycles. The van der Waals surface area contributed by atoms with Gasteiger partial charge < -0.3 is 10.6 Å². The van der Waals surface area contributed by atoms with E-state index in [9.17, 15) is 9.59 Å². The second kappa shape index (κ2) is 5.91. The molecule has 3 N–H and O–H groups in total. The van der Waals surface area contributed by atoms with Crippen molar-refractivity contribution in [2.24, 2.45) is 5.73 Å². The van der Waals surface area contributed by atoms with Crippen LogP contribution in [-0.2, 0) is 4.79 Å². The Hall–Kier alpha value is -1.79. The number of hydrogen-bond acceptors (Lipinski definition) is 5. The largest absolute Gasteiger partial charge is 0.369 e. The quantitative estimate of drug-likeness (QED) is 0.817. The molecule has 0 spiro atoms. The fourth-order valence-electron chi connectivity index (χ4n) is 2.69.